The number of phosphoric ester groups is 2. The quantitative estimate of drug-likeness (QED) is 0.0173. The molecule has 0 radical (unpaired) electrons. The normalized spacial score (nSPS) is 25.3. The minimum absolute atomic E-state index is 0.0104. The highest BCUT2D eigenvalue weighted by Gasteiger charge is 2.56. The van der Waals surface area contributed by atoms with Crippen molar-refractivity contribution >= 4 is 91.2 Å². The summed E-state index contributed by atoms with van der Waals surface area (Å²) < 4.78 is 91.3. The number of imidazole rings is 2. The van der Waals surface area contributed by atoms with E-state index in [1.54, 1.807) is 26.0 Å². The van der Waals surface area contributed by atoms with Gasteiger partial charge in [0.25, 0.3) is 0 Å². The van der Waals surface area contributed by atoms with E-state index in [-0.39, 0.29) is 78.7 Å². The maximum atomic E-state index is 16.4. The summed E-state index contributed by atoms with van der Waals surface area (Å²) in [6, 6.07) is 3.06. The Balaban J connectivity index is 0.897. The van der Waals surface area contributed by atoms with Crippen LogP contribution in [0.25, 0.3) is 32.8 Å². The SMILES string of the molecule is CC(C)[C@H](NC(=O)CN=[N+]=[N-])C(=O)N[C@@H](CCCNC(N)=O)C(=O)Nc1ccc(COC(=O)N(C)CCN(C)C(=O)O[C@@H]2[C@@H]3OP(=O)(O)OC[C@H]4O[C@@H](n5cnc6c(N)ncnc65)[C@H](F)[C@@H]4OP(=O)(O)OC[C@H]3O[C@H]2n2cnc3c(N)ncnc32)cc1. The molecule has 5 aromatic rings. The second-order valence-corrected chi connectivity index (χ2v) is 22.8. The Kier molecular flexibility index (Phi) is 20.7. The van der Waals surface area contributed by atoms with Crippen LogP contribution in [-0.4, -0.2) is 197 Å². The number of nitrogens with zero attached hydrogens (tertiary/aromatic N) is 13. The number of carbonyl (C=O) groups is 6. The summed E-state index contributed by atoms with van der Waals surface area (Å²) in [6.07, 6.45) is -11.8. The molecule has 3 saturated heterocycles. The fraction of sp³-hybridized carbons (Fsp3) is 0.522. The number of likely N-dealkylation sites (N-methyl/N-ethyl adjacent to an activating group) is 2. The van der Waals surface area contributed by atoms with E-state index in [0.29, 0.717) is 5.56 Å². The molecule has 3 aliphatic heterocycles. The molecule has 87 heavy (non-hydrogen) atoms. The average molecular weight is 1260 g/mol. The lowest BCUT2D eigenvalue weighted by atomic mass is 10.0. The second kappa shape index (κ2) is 27.9. The number of aromatic nitrogens is 8. The number of urea groups is 1. The number of nitrogen functional groups attached to an aromatic ring is 2. The maximum absolute atomic E-state index is 16.4. The van der Waals surface area contributed by atoms with Crippen LogP contribution in [0.5, 0.6) is 0 Å². The molecule has 8 rings (SSSR count). The molecule has 470 valence electrons. The molecule has 3 aliphatic rings. The highest BCUT2D eigenvalue weighted by Crippen LogP contribution is 2.54. The fourth-order valence-electron chi connectivity index (χ4n) is 9.07. The van der Waals surface area contributed by atoms with Gasteiger partial charge in [0.2, 0.25) is 17.7 Å². The van der Waals surface area contributed by atoms with E-state index in [1.807, 2.05) is 0 Å². The van der Waals surface area contributed by atoms with Gasteiger partial charge in [-0.15, -0.1) is 0 Å². The zero-order valence-electron chi connectivity index (χ0n) is 46.6. The van der Waals surface area contributed by atoms with Gasteiger partial charge in [0, 0.05) is 44.3 Å². The Bertz CT molecular complexity index is 3490. The number of rotatable bonds is 20. The van der Waals surface area contributed by atoms with E-state index in [1.165, 1.54) is 37.1 Å². The first-order chi connectivity index (χ1) is 41.3. The van der Waals surface area contributed by atoms with Gasteiger partial charge in [-0.3, -0.25) is 41.6 Å². The van der Waals surface area contributed by atoms with E-state index in [0.717, 1.165) is 33.3 Å². The molecular weight excluding hydrogens is 1200 g/mol. The molecule has 0 saturated carbocycles. The van der Waals surface area contributed by atoms with Crippen LogP contribution in [-0.2, 0) is 67.2 Å². The third kappa shape index (κ3) is 15.9. The number of nitrogens with one attached hydrogen (secondary N) is 4. The van der Waals surface area contributed by atoms with E-state index in [9.17, 15) is 47.7 Å². The van der Waals surface area contributed by atoms with E-state index in [2.05, 4.69) is 61.2 Å². The van der Waals surface area contributed by atoms with Crippen LogP contribution >= 0.6 is 15.6 Å². The van der Waals surface area contributed by atoms with Crippen molar-refractivity contribution in [3.8, 4) is 0 Å². The number of benzene rings is 1. The van der Waals surface area contributed by atoms with E-state index >= 15 is 4.39 Å². The van der Waals surface area contributed by atoms with Crippen molar-refractivity contribution in [2.75, 3.05) is 70.3 Å². The van der Waals surface area contributed by atoms with Gasteiger partial charge in [-0.2, -0.15) is 0 Å². The van der Waals surface area contributed by atoms with Crippen molar-refractivity contribution in [3.63, 3.8) is 0 Å². The van der Waals surface area contributed by atoms with Crippen molar-refractivity contribution in [2.24, 2.45) is 16.8 Å². The maximum Gasteiger partial charge on any atom is 0.472 e. The number of phosphoric acid groups is 2. The topological polar surface area (TPSA) is 519 Å². The van der Waals surface area contributed by atoms with Crippen LogP contribution in [0.3, 0.4) is 0 Å². The summed E-state index contributed by atoms with van der Waals surface area (Å²) >= 11 is 0. The Morgan fingerprint density at radius 1 is 0.828 bits per heavy atom. The molecule has 41 heteroatoms. The number of fused-ring (bicyclic) bond motifs is 4. The molecule has 0 aliphatic carbocycles. The van der Waals surface area contributed by atoms with Gasteiger partial charge >= 0.3 is 33.9 Å². The fourth-order valence-corrected chi connectivity index (χ4v) is 11.0. The number of azide groups is 1. The number of carbonyl (C=O) groups excluding carboxylic acids is 6. The molecule has 12 atom stereocenters. The van der Waals surface area contributed by atoms with Crippen molar-refractivity contribution in [3.05, 3.63) is 65.6 Å². The largest absolute Gasteiger partial charge is 0.472 e. The smallest absolute Gasteiger partial charge is 0.445 e. The average Bonchev–Trinajstić information content (AvgIpc) is 1.72. The van der Waals surface area contributed by atoms with Crippen LogP contribution in [0.2, 0.25) is 0 Å². The summed E-state index contributed by atoms with van der Waals surface area (Å²) in [5.74, 6) is -2.62. The number of halogens is 1. The van der Waals surface area contributed by atoms with Crippen LogP contribution in [0.4, 0.5) is 36.1 Å². The van der Waals surface area contributed by atoms with E-state index in [4.69, 9.17) is 59.8 Å². The van der Waals surface area contributed by atoms with Crippen LogP contribution in [0.15, 0.2) is 54.7 Å². The molecular formula is C46H61FN20O18P2. The van der Waals surface area contributed by atoms with Gasteiger partial charge in [-0.05, 0) is 42.0 Å². The molecule has 7 amide bonds. The molecule has 3 fully saturated rings. The molecule has 2 unspecified atom stereocenters. The summed E-state index contributed by atoms with van der Waals surface area (Å²) in [6.45, 7) is 0.216. The Morgan fingerprint density at radius 3 is 1.98 bits per heavy atom. The zero-order chi connectivity index (χ0) is 62.9. The lowest BCUT2D eigenvalue weighted by Gasteiger charge is -2.29. The summed E-state index contributed by atoms with van der Waals surface area (Å²) in [7, 11) is -8.04. The number of hydrogen-bond donors (Lipinski definition) is 9. The minimum Gasteiger partial charge on any atom is -0.445 e. The molecule has 0 bridgehead atoms. The highest BCUT2D eigenvalue weighted by molar-refractivity contribution is 7.47. The van der Waals surface area contributed by atoms with Crippen molar-refractivity contribution in [2.45, 2.75) is 94.5 Å². The van der Waals surface area contributed by atoms with Gasteiger partial charge in [-0.1, -0.05) is 31.1 Å². The van der Waals surface area contributed by atoms with Gasteiger partial charge in [0.05, 0.1) is 25.9 Å². The standard InChI is InChI=1S/C46H61FN20O18P2/c1-22(2)30(62-28(68)14-59-63-51)41(70)61-25(6-5-11-52-44(50)71)40(69)60-24-9-7-23(8-10-24)15-78-45(72)64(3)12-13-65(4)46(73)83-35-34-27(82-43(35)67-21-58-32-37(49)54-19-56-39(32)67)17-80-86(74,75)84-33-26(16-79-87(76,77)85-34)81-42(29(33)47)66-20-57-31-36(48)53-18-55-38(31)66/h7-10,18-22,25-27,29-30,33-35,42-43H,5-6,11-17H2,1-4H3,(H,60,69)(H,61,70)(H,62,68)(H,74,75)(H,76,77)(H2,48,53,55)(H2,49,54,56)(H3,50,52,71)/t25-,26+,27+,29+,30-,33+,34+,35+,42+,43+/m0/s1. The second-order valence-electron chi connectivity index (χ2n) is 20.0. The number of hydrogen-bond acceptors (Lipinski definition) is 25. The molecule has 1 aromatic carbocycles. The van der Waals surface area contributed by atoms with Crippen molar-refractivity contribution < 1.29 is 89.1 Å². The zero-order valence-corrected chi connectivity index (χ0v) is 48.4. The van der Waals surface area contributed by atoms with Crippen LogP contribution < -0.4 is 38.5 Å². The first kappa shape index (κ1) is 64.5. The summed E-state index contributed by atoms with van der Waals surface area (Å²) in [4.78, 5) is 129. The lowest BCUT2D eigenvalue weighted by Crippen LogP contribution is -2.55. The molecule has 7 heterocycles. The minimum atomic E-state index is -5.38. The molecule has 12 N–H and O–H groups in total. The lowest BCUT2D eigenvalue weighted by molar-refractivity contribution is -0.131. The first-order valence-electron chi connectivity index (χ1n) is 26.3. The number of ether oxygens (including phenoxy) is 4. The highest BCUT2D eigenvalue weighted by atomic mass is 31.2. The van der Waals surface area contributed by atoms with Crippen LogP contribution in [0, 0.1) is 5.92 Å². The Labute approximate surface area is 491 Å². The number of alkyl halides is 1. The predicted molar refractivity (Wildman–Crippen MR) is 294 cm³/mol. The number of nitrogens with two attached hydrogens (primary N) is 3. The molecule has 0 spiro atoms. The van der Waals surface area contributed by atoms with Gasteiger partial charge in [0.15, 0.2) is 47.7 Å². The monoisotopic (exact) mass is 1260 g/mol. The number of anilines is 3. The van der Waals surface area contributed by atoms with Crippen molar-refractivity contribution in [1.82, 2.24) is 64.8 Å². The summed E-state index contributed by atoms with van der Waals surface area (Å²) in [5.41, 5.74) is 26.6. The summed E-state index contributed by atoms with van der Waals surface area (Å²) in [5, 5.41) is 13.4. The third-order valence-corrected chi connectivity index (χ3v) is 15.5. The van der Waals surface area contributed by atoms with Gasteiger partial charge in [-0.25, -0.2) is 57.8 Å². The van der Waals surface area contributed by atoms with Crippen molar-refractivity contribution in [1.29, 1.82) is 0 Å². The molecule has 38 nitrogen and oxygen atoms in total. The predicted octanol–water partition coefficient (Wildman–Crippen LogP) is 1.01. The Hall–Kier alpha value is -8.48. The number of primary amides is 1. The number of amides is 7. The first-order valence-corrected chi connectivity index (χ1v) is 29.3. The molecule has 4 aromatic heterocycles. The van der Waals surface area contributed by atoms with Gasteiger partial charge < -0.3 is 77.0 Å². The Morgan fingerprint density at radius 2 is 1.39 bits per heavy atom. The van der Waals surface area contributed by atoms with Crippen LogP contribution in [0.1, 0.15) is 44.7 Å². The van der Waals surface area contributed by atoms with Gasteiger partial charge in [0.1, 0.15) is 73.3 Å². The third-order valence-electron chi connectivity index (χ3n) is 13.5. The van der Waals surface area contributed by atoms with E-state index < -0.39 is 138 Å².